The summed E-state index contributed by atoms with van der Waals surface area (Å²) in [6.45, 7) is 3.65. The minimum absolute atomic E-state index is 0.694. The number of nitrogens with two attached hydrogens (primary N) is 2. The van der Waals surface area contributed by atoms with Gasteiger partial charge in [0.2, 0.25) is 10.3 Å². The highest BCUT2D eigenvalue weighted by atomic mass is 32.2. The van der Waals surface area contributed by atoms with Gasteiger partial charge in [-0.3, -0.25) is 0 Å². The second kappa shape index (κ2) is 7.14. The third kappa shape index (κ3) is 3.49. The summed E-state index contributed by atoms with van der Waals surface area (Å²) in [6.07, 6.45) is 0. The van der Waals surface area contributed by atoms with Crippen LogP contribution in [0.5, 0.6) is 0 Å². The van der Waals surface area contributed by atoms with Crippen molar-refractivity contribution in [3.8, 4) is 0 Å². The summed E-state index contributed by atoms with van der Waals surface area (Å²) < 4.78 is 3.00. The number of benzene rings is 1. The molecule has 0 amide bonds. The van der Waals surface area contributed by atoms with E-state index in [9.17, 15) is 0 Å². The Labute approximate surface area is 148 Å². The predicted octanol–water partition coefficient (Wildman–Crippen LogP) is 1.50. The fraction of sp³-hybridized carbons (Fsp3) is 0.286. The van der Waals surface area contributed by atoms with Gasteiger partial charge in [-0.25, -0.2) is 9.35 Å². The zero-order chi connectivity index (χ0) is 17.1. The summed E-state index contributed by atoms with van der Waals surface area (Å²) in [5.41, 5.74) is 2.44. The number of thioether (sulfide) groups is 2. The molecule has 0 fully saturated rings. The fourth-order valence-electron chi connectivity index (χ4n) is 2.02. The molecule has 0 bridgehead atoms. The second-order valence-electron chi connectivity index (χ2n) is 5.15. The van der Waals surface area contributed by atoms with Gasteiger partial charge in [0.05, 0.1) is 0 Å². The first-order chi connectivity index (χ1) is 11.6. The summed E-state index contributed by atoms with van der Waals surface area (Å²) in [7, 11) is 0. The van der Waals surface area contributed by atoms with Gasteiger partial charge in [-0.05, 0) is 25.0 Å². The minimum atomic E-state index is 0.694. The van der Waals surface area contributed by atoms with Crippen LogP contribution in [0.4, 0.5) is 0 Å². The van der Waals surface area contributed by atoms with E-state index >= 15 is 0 Å². The Morgan fingerprint density at radius 3 is 1.54 bits per heavy atom. The lowest BCUT2D eigenvalue weighted by Gasteiger charge is -2.09. The van der Waals surface area contributed by atoms with Crippen LogP contribution in [-0.4, -0.2) is 29.7 Å². The van der Waals surface area contributed by atoms with Crippen molar-refractivity contribution in [2.45, 2.75) is 35.7 Å². The van der Waals surface area contributed by atoms with Crippen LogP contribution in [-0.2, 0) is 11.5 Å². The average molecular weight is 362 g/mol. The topological polar surface area (TPSA) is 113 Å². The molecule has 0 saturated carbocycles. The number of aryl methyl sites for hydroxylation is 2. The second-order valence-corrected chi connectivity index (χ2v) is 7.03. The Balaban J connectivity index is 1.68. The van der Waals surface area contributed by atoms with Crippen LogP contribution in [0.2, 0.25) is 0 Å². The van der Waals surface area contributed by atoms with Crippen molar-refractivity contribution in [3.63, 3.8) is 0 Å². The zero-order valence-corrected chi connectivity index (χ0v) is 15.0. The lowest BCUT2D eigenvalue weighted by molar-refractivity contribution is 0.824. The largest absolute Gasteiger partial charge is 0.336 e. The molecule has 10 heteroatoms. The summed E-state index contributed by atoms with van der Waals surface area (Å²) in [5, 5.41) is 17.5. The van der Waals surface area contributed by atoms with Crippen LogP contribution in [0, 0.1) is 13.8 Å². The highest BCUT2D eigenvalue weighted by Crippen LogP contribution is 2.27. The number of hydrogen-bond acceptors (Lipinski definition) is 8. The lowest BCUT2D eigenvalue weighted by atomic mass is 10.1. The Kier molecular flexibility index (Phi) is 4.95. The minimum Gasteiger partial charge on any atom is -0.336 e. The summed E-state index contributed by atoms with van der Waals surface area (Å²) in [5.74, 6) is 14.7. The average Bonchev–Trinajstić information content (AvgIpc) is 3.08. The lowest BCUT2D eigenvalue weighted by Crippen LogP contribution is -2.11. The van der Waals surface area contributed by atoms with Crippen molar-refractivity contribution >= 4 is 23.5 Å². The summed E-state index contributed by atoms with van der Waals surface area (Å²) >= 11 is 3.12. The quantitative estimate of drug-likeness (QED) is 0.501. The molecule has 0 aliphatic carbocycles. The smallest absolute Gasteiger partial charge is 0.210 e. The third-order valence-corrected chi connectivity index (χ3v) is 5.49. The van der Waals surface area contributed by atoms with E-state index < -0.39 is 0 Å². The normalized spacial score (nSPS) is 11.1. The summed E-state index contributed by atoms with van der Waals surface area (Å²) in [4.78, 5) is 0. The molecule has 3 rings (SSSR count). The van der Waals surface area contributed by atoms with Crippen molar-refractivity contribution in [2.24, 2.45) is 0 Å². The maximum absolute atomic E-state index is 5.89. The van der Waals surface area contributed by atoms with E-state index in [1.807, 2.05) is 26.0 Å². The molecule has 0 saturated heterocycles. The van der Waals surface area contributed by atoms with Crippen LogP contribution in [0.3, 0.4) is 0 Å². The molecule has 1 aromatic carbocycles. The molecule has 2 heterocycles. The third-order valence-electron chi connectivity index (χ3n) is 3.50. The maximum Gasteiger partial charge on any atom is 0.210 e. The van der Waals surface area contributed by atoms with E-state index in [0.29, 0.717) is 22.0 Å². The Morgan fingerprint density at radius 1 is 0.792 bits per heavy atom. The van der Waals surface area contributed by atoms with E-state index in [0.717, 1.165) is 11.5 Å². The van der Waals surface area contributed by atoms with Gasteiger partial charge in [-0.1, -0.05) is 47.8 Å². The van der Waals surface area contributed by atoms with Gasteiger partial charge in [-0.15, -0.1) is 20.4 Å². The first-order valence-corrected chi connectivity index (χ1v) is 9.20. The SMILES string of the molecule is Cc1nnc(SCc2ccccc2CSc2nnc(C)n2N)n1N. The van der Waals surface area contributed by atoms with E-state index in [4.69, 9.17) is 11.7 Å². The van der Waals surface area contributed by atoms with Crippen LogP contribution >= 0.6 is 23.5 Å². The number of rotatable bonds is 6. The van der Waals surface area contributed by atoms with Gasteiger partial charge >= 0.3 is 0 Å². The van der Waals surface area contributed by atoms with Gasteiger partial charge in [-0.2, -0.15) is 0 Å². The maximum atomic E-state index is 5.89. The molecule has 2 aromatic heterocycles. The highest BCUT2D eigenvalue weighted by molar-refractivity contribution is 7.98. The van der Waals surface area contributed by atoms with E-state index in [1.165, 1.54) is 20.5 Å². The molecule has 24 heavy (non-hydrogen) atoms. The number of aromatic nitrogens is 6. The van der Waals surface area contributed by atoms with Gasteiger partial charge in [0.25, 0.3) is 0 Å². The van der Waals surface area contributed by atoms with Crippen LogP contribution < -0.4 is 11.7 Å². The number of nitrogen functional groups attached to an aromatic ring is 2. The van der Waals surface area contributed by atoms with Crippen molar-refractivity contribution in [2.75, 3.05) is 11.7 Å². The van der Waals surface area contributed by atoms with E-state index in [1.54, 1.807) is 23.5 Å². The fourth-order valence-corrected chi connectivity index (χ4v) is 3.89. The highest BCUT2D eigenvalue weighted by Gasteiger charge is 2.11. The van der Waals surface area contributed by atoms with Crippen molar-refractivity contribution < 1.29 is 0 Å². The van der Waals surface area contributed by atoms with Gasteiger partial charge in [0, 0.05) is 11.5 Å². The Bertz CT molecular complexity index is 772. The first kappa shape index (κ1) is 16.7. The molecule has 3 aromatic rings. The molecule has 0 atom stereocenters. The first-order valence-electron chi connectivity index (χ1n) is 7.23. The van der Waals surface area contributed by atoms with Crippen LogP contribution in [0.15, 0.2) is 34.6 Å². The van der Waals surface area contributed by atoms with Gasteiger partial charge in [0.1, 0.15) is 11.6 Å². The molecule has 0 spiro atoms. The molecule has 0 aliphatic rings. The molecule has 0 aliphatic heterocycles. The number of hydrogen-bond donors (Lipinski definition) is 2. The molecule has 126 valence electrons. The van der Waals surface area contributed by atoms with Crippen molar-refractivity contribution in [3.05, 3.63) is 47.0 Å². The molecule has 0 unspecified atom stereocenters. The molecular weight excluding hydrogens is 344 g/mol. The van der Waals surface area contributed by atoms with Crippen LogP contribution in [0.25, 0.3) is 0 Å². The molecule has 0 radical (unpaired) electrons. The molecule has 8 nitrogen and oxygen atoms in total. The van der Waals surface area contributed by atoms with Crippen LogP contribution in [0.1, 0.15) is 22.8 Å². The van der Waals surface area contributed by atoms with E-state index in [-0.39, 0.29) is 0 Å². The molecular formula is C14H18N8S2. The standard InChI is InChI=1S/C14H18N8S2/c1-9-17-19-13(21(9)15)23-7-11-5-3-4-6-12(11)8-24-14-20-18-10(2)22(14)16/h3-6H,7-8,15-16H2,1-2H3. The van der Waals surface area contributed by atoms with Gasteiger partial charge < -0.3 is 11.7 Å². The predicted molar refractivity (Wildman–Crippen MR) is 95.4 cm³/mol. The van der Waals surface area contributed by atoms with Crippen molar-refractivity contribution in [1.29, 1.82) is 0 Å². The zero-order valence-electron chi connectivity index (χ0n) is 13.4. The molecule has 4 N–H and O–H groups in total. The summed E-state index contributed by atoms with van der Waals surface area (Å²) in [6, 6.07) is 8.26. The monoisotopic (exact) mass is 362 g/mol. The Morgan fingerprint density at radius 2 is 1.21 bits per heavy atom. The van der Waals surface area contributed by atoms with Crippen molar-refractivity contribution in [1.82, 2.24) is 29.7 Å². The number of nitrogens with zero attached hydrogens (tertiary/aromatic N) is 6. The van der Waals surface area contributed by atoms with Gasteiger partial charge in [0.15, 0.2) is 0 Å². The Hall–Kier alpha value is -2.20. The van der Waals surface area contributed by atoms with E-state index in [2.05, 4.69) is 32.5 Å².